The van der Waals surface area contributed by atoms with E-state index in [4.69, 9.17) is 4.74 Å². The molecule has 0 aliphatic carbocycles. The number of hydrogen-bond acceptors (Lipinski definition) is 4. The zero-order valence-corrected chi connectivity index (χ0v) is 10.2. The van der Waals surface area contributed by atoms with E-state index < -0.39 is 0 Å². The Hall–Kier alpha value is -1.68. The van der Waals surface area contributed by atoms with Gasteiger partial charge in [-0.05, 0) is 30.7 Å². The van der Waals surface area contributed by atoms with Gasteiger partial charge in [0.05, 0.1) is 5.51 Å². The van der Waals surface area contributed by atoms with Crippen LogP contribution in [0.5, 0.6) is 5.75 Å². The summed E-state index contributed by atoms with van der Waals surface area (Å²) in [6, 6.07) is 5.59. The minimum atomic E-state index is -0.0198. The topological polar surface area (TPSA) is 39.2 Å². The van der Waals surface area contributed by atoms with Crippen LogP contribution in [0, 0.1) is 0 Å². The molecule has 1 aliphatic rings. The molecule has 0 spiro atoms. The van der Waals surface area contributed by atoms with E-state index in [9.17, 15) is 4.79 Å². The first-order valence-corrected chi connectivity index (χ1v) is 6.41. The molecule has 3 nitrogen and oxygen atoms in total. The Kier molecular flexibility index (Phi) is 2.44. The minimum Gasteiger partial charge on any atom is -0.490 e. The van der Waals surface area contributed by atoms with Crippen LogP contribution in [0.2, 0.25) is 0 Å². The molecule has 4 heteroatoms. The third kappa shape index (κ3) is 1.85. The summed E-state index contributed by atoms with van der Waals surface area (Å²) in [6.07, 6.45) is 1.07. The lowest BCUT2D eigenvalue weighted by Gasteiger charge is -2.02. The summed E-state index contributed by atoms with van der Waals surface area (Å²) in [4.78, 5) is 16.1. The first kappa shape index (κ1) is 10.5. The van der Waals surface area contributed by atoms with E-state index in [1.165, 1.54) is 11.3 Å². The van der Waals surface area contributed by atoms with Crippen molar-refractivity contribution in [2.75, 3.05) is 0 Å². The van der Waals surface area contributed by atoms with Gasteiger partial charge in [-0.3, -0.25) is 4.79 Å². The largest absolute Gasteiger partial charge is 0.490 e. The van der Waals surface area contributed by atoms with Crippen LogP contribution in [0.4, 0.5) is 0 Å². The molecule has 86 valence electrons. The SMILES string of the molecule is CC1Cc2cc(C(=O)c3cscn3)ccc2O1. The average Bonchev–Trinajstić information content (AvgIpc) is 2.94. The molecule has 1 aliphatic heterocycles. The lowest BCUT2D eigenvalue weighted by atomic mass is 10.0. The fourth-order valence-electron chi connectivity index (χ4n) is 2.04. The Labute approximate surface area is 103 Å². The van der Waals surface area contributed by atoms with E-state index in [-0.39, 0.29) is 11.9 Å². The molecule has 1 aromatic heterocycles. The molecular weight excluding hydrogens is 234 g/mol. The van der Waals surface area contributed by atoms with Crippen molar-refractivity contribution in [2.24, 2.45) is 0 Å². The molecule has 1 unspecified atom stereocenters. The van der Waals surface area contributed by atoms with Gasteiger partial charge in [0.15, 0.2) is 0 Å². The summed E-state index contributed by atoms with van der Waals surface area (Å²) in [5.74, 6) is 0.876. The lowest BCUT2D eigenvalue weighted by molar-refractivity contribution is 0.103. The van der Waals surface area contributed by atoms with Crippen LogP contribution < -0.4 is 4.74 Å². The van der Waals surface area contributed by atoms with Crippen molar-refractivity contribution < 1.29 is 9.53 Å². The Morgan fingerprint density at radius 1 is 1.53 bits per heavy atom. The van der Waals surface area contributed by atoms with Gasteiger partial charge in [-0.25, -0.2) is 4.98 Å². The quantitative estimate of drug-likeness (QED) is 0.764. The van der Waals surface area contributed by atoms with E-state index >= 15 is 0 Å². The molecular formula is C13H11NO2S. The Morgan fingerprint density at radius 3 is 3.18 bits per heavy atom. The van der Waals surface area contributed by atoms with Crippen molar-refractivity contribution in [3.05, 3.63) is 45.9 Å². The van der Waals surface area contributed by atoms with Crippen LogP contribution in [-0.2, 0) is 6.42 Å². The molecule has 0 saturated carbocycles. The van der Waals surface area contributed by atoms with Crippen molar-refractivity contribution >= 4 is 17.1 Å². The van der Waals surface area contributed by atoms with E-state index in [0.29, 0.717) is 11.3 Å². The molecule has 0 N–H and O–H groups in total. The Balaban J connectivity index is 1.96. The number of thiazole rings is 1. The highest BCUT2D eigenvalue weighted by Crippen LogP contribution is 2.29. The number of ketones is 1. The highest BCUT2D eigenvalue weighted by Gasteiger charge is 2.21. The summed E-state index contributed by atoms with van der Waals surface area (Å²) in [5, 5.41) is 1.77. The smallest absolute Gasteiger partial charge is 0.212 e. The number of nitrogens with zero attached hydrogens (tertiary/aromatic N) is 1. The number of fused-ring (bicyclic) bond motifs is 1. The van der Waals surface area contributed by atoms with Crippen molar-refractivity contribution in [2.45, 2.75) is 19.4 Å². The number of carbonyl (C=O) groups excluding carboxylic acids is 1. The van der Waals surface area contributed by atoms with Crippen LogP contribution in [-0.4, -0.2) is 16.9 Å². The number of benzene rings is 1. The van der Waals surface area contributed by atoms with Crippen LogP contribution in [0.25, 0.3) is 0 Å². The minimum absolute atomic E-state index is 0.0198. The zero-order valence-electron chi connectivity index (χ0n) is 9.34. The monoisotopic (exact) mass is 245 g/mol. The zero-order chi connectivity index (χ0) is 11.8. The summed E-state index contributed by atoms with van der Waals surface area (Å²) in [5.41, 5.74) is 3.99. The molecule has 0 radical (unpaired) electrons. The number of hydrogen-bond donors (Lipinski definition) is 0. The van der Waals surface area contributed by atoms with E-state index in [1.54, 1.807) is 17.0 Å². The molecule has 17 heavy (non-hydrogen) atoms. The molecule has 3 rings (SSSR count). The second-order valence-corrected chi connectivity index (χ2v) is 4.88. The van der Waals surface area contributed by atoms with Gasteiger partial charge in [-0.2, -0.15) is 0 Å². The summed E-state index contributed by atoms with van der Waals surface area (Å²) >= 11 is 1.43. The molecule has 1 aromatic carbocycles. The van der Waals surface area contributed by atoms with Gasteiger partial charge in [-0.15, -0.1) is 11.3 Å². The molecule has 0 amide bonds. The molecule has 0 saturated heterocycles. The van der Waals surface area contributed by atoms with Gasteiger partial charge < -0.3 is 4.74 Å². The second kappa shape index (κ2) is 3.96. The fourth-order valence-corrected chi connectivity index (χ4v) is 2.57. The van der Waals surface area contributed by atoms with E-state index in [2.05, 4.69) is 4.98 Å². The number of carbonyl (C=O) groups is 1. The van der Waals surface area contributed by atoms with Gasteiger partial charge in [0.1, 0.15) is 17.5 Å². The normalized spacial score (nSPS) is 17.6. The first-order valence-electron chi connectivity index (χ1n) is 5.46. The summed E-state index contributed by atoms with van der Waals surface area (Å²) in [6.45, 7) is 2.03. The summed E-state index contributed by atoms with van der Waals surface area (Å²) in [7, 11) is 0. The highest BCUT2D eigenvalue weighted by molar-refractivity contribution is 7.07. The molecule has 2 heterocycles. The van der Waals surface area contributed by atoms with Gasteiger partial charge in [0, 0.05) is 17.4 Å². The standard InChI is InChI=1S/C13H11NO2S/c1-8-4-10-5-9(2-3-12(10)16-8)13(15)11-6-17-7-14-11/h2-3,5-8H,4H2,1H3. The lowest BCUT2D eigenvalue weighted by Crippen LogP contribution is -2.05. The van der Waals surface area contributed by atoms with Crippen LogP contribution in [0.1, 0.15) is 28.5 Å². The summed E-state index contributed by atoms with van der Waals surface area (Å²) < 4.78 is 5.61. The van der Waals surface area contributed by atoms with Crippen molar-refractivity contribution in [1.29, 1.82) is 0 Å². The molecule has 0 bridgehead atoms. The van der Waals surface area contributed by atoms with Crippen molar-refractivity contribution in [3.8, 4) is 5.75 Å². The molecule has 0 fully saturated rings. The highest BCUT2D eigenvalue weighted by atomic mass is 32.1. The molecule has 1 atom stereocenters. The van der Waals surface area contributed by atoms with Gasteiger partial charge in [0.25, 0.3) is 0 Å². The maximum absolute atomic E-state index is 12.1. The predicted octanol–water partition coefficient (Wildman–Crippen LogP) is 2.70. The number of ether oxygens (including phenoxy) is 1. The maximum Gasteiger partial charge on any atom is 0.212 e. The van der Waals surface area contributed by atoms with E-state index in [0.717, 1.165) is 17.7 Å². The third-order valence-corrected chi connectivity index (χ3v) is 3.41. The van der Waals surface area contributed by atoms with Crippen LogP contribution in [0.3, 0.4) is 0 Å². The Bertz CT molecular complexity index is 563. The third-order valence-electron chi connectivity index (χ3n) is 2.82. The maximum atomic E-state index is 12.1. The Morgan fingerprint density at radius 2 is 2.41 bits per heavy atom. The second-order valence-electron chi connectivity index (χ2n) is 4.16. The predicted molar refractivity (Wildman–Crippen MR) is 65.8 cm³/mol. The van der Waals surface area contributed by atoms with Gasteiger partial charge in [-0.1, -0.05) is 0 Å². The number of aromatic nitrogens is 1. The van der Waals surface area contributed by atoms with Crippen molar-refractivity contribution in [3.63, 3.8) is 0 Å². The van der Waals surface area contributed by atoms with Crippen molar-refractivity contribution in [1.82, 2.24) is 4.98 Å². The fraction of sp³-hybridized carbons (Fsp3) is 0.231. The first-order chi connectivity index (χ1) is 8.24. The average molecular weight is 245 g/mol. The van der Waals surface area contributed by atoms with Crippen LogP contribution in [0.15, 0.2) is 29.1 Å². The van der Waals surface area contributed by atoms with Gasteiger partial charge in [0.2, 0.25) is 5.78 Å². The molecule has 2 aromatic rings. The van der Waals surface area contributed by atoms with Crippen LogP contribution >= 0.6 is 11.3 Å². The number of rotatable bonds is 2. The van der Waals surface area contributed by atoms with E-state index in [1.807, 2.05) is 19.1 Å². The van der Waals surface area contributed by atoms with Gasteiger partial charge >= 0.3 is 0 Å².